The predicted octanol–water partition coefficient (Wildman–Crippen LogP) is 3.34. The number of hydrogen-bond acceptors (Lipinski definition) is 2. The van der Waals surface area contributed by atoms with Gasteiger partial charge >= 0.3 is 0 Å². The average molecular weight is 354 g/mol. The molecule has 140 valence electrons. The topological polar surface area (TPSA) is 49.4 Å². The van der Waals surface area contributed by atoms with E-state index in [2.05, 4.69) is 36.5 Å². The van der Waals surface area contributed by atoms with E-state index in [0.717, 1.165) is 51.2 Å². The van der Waals surface area contributed by atoms with Crippen LogP contribution in [0, 0.1) is 17.3 Å². The van der Waals surface area contributed by atoms with Gasteiger partial charge in [0.05, 0.1) is 5.41 Å². The van der Waals surface area contributed by atoms with Gasteiger partial charge in [-0.3, -0.25) is 9.59 Å². The van der Waals surface area contributed by atoms with Crippen molar-refractivity contribution < 1.29 is 9.59 Å². The molecule has 2 amide bonds. The monoisotopic (exact) mass is 354 g/mol. The Morgan fingerprint density at radius 1 is 1.08 bits per heavy atom. The smallest absolute Gasteiger partial charge is 0.227 e. The van der Waals surface area contributed by atoms with Gasteiger partial charge in [-0.2, -0.15) is 0 Å². The van der Waals surface area contributed by atoms with E-state index in [1.807, 2.05) is 11.0 Å². The number of carbonyl (C=O) groups is 2. The highest BCUT2D eigenvalue weighted by molar-refractivity contribution is 5.87. The highest BCUT2D eigenvalue weighted by Crippen LogP contribution is 2.48. The van der Waals surface area contributed by atoms with Crippen molar-refractivity contribution in [3.8, 4) is 0 Å². The van der Waals surface area contributed by atoms with E-state index in [0.29, 0.717) is 5.91 Å². The largest absolute Gasteiger partial charge is 0.355 e. The third-order valence-electron chi connectivity index (χ3n) is 7.12. The third-order valence-corrected chi connectivity index (χ3v) is 7.12. The van der Waals surface area contributed by atoms with Crippen molar-refractivity contribution in [2.75, 3.05) is 19.6 Å². The van der Waals surface area contributed by atoms with Gasteiger partial charge in [0.2, 0.25) is 11.8 Å². The fourth-order valence-corrected chi connectivity index (χ4v) is 5.31. The van der Waals surface area contributed by atoms with Crippen molar-refractivity contribution in [1.29, 1.82) is 0 Å². The summed E-state index contributed by atoms with van der Waals surface area (Å²) in [6.45, 7) is 4.45. The van der Waals surface area contributed by atoms with Gasteiger partial charge in [-0.15, -0.1) is 0 Å². The summed E-state index contributed by atoms with van der Waals surface area (Å²) >= 11 is 0. The van der Waals surface area contributed by atoms with Gasteiger partial charge in [-0.1, -0.05) is 37.3 Å². The summed E-state index contributed by atoms with van der Waals surface area (Å²) in [5.41, 5.74) is 0.908. The number of amides is 2. The molecule has 1 unspecified atom stereocenters. The molecule has 0 radical (unpaired) electrons. The number of nitrogens with zero attached hydrogens (tertiary/aromatic N) is 1. The summed E-state index contributed by atoms with van der Waals surface area (Å²) in [5.74, 6) is 1.72. The number of piperidine rings is 1. The Kier molecular flexibility index (Phi) is 4.76. The van der Waals surface area contributed by atoms with Crippen LogP contribution in [0.15, 0.2) is 30.3 Å². The lowest BCUT2D eigenvalue weighted by molar-refractivity contribution is -0.142. The second kappa shape index (κ2) is 7.05. The molecule has 1 aromatic carbocycles. The van der Waals surface area contributed by atoms with Crippen LogP contribution in [0.2, 0.25) is 0 Å². The van der Waals surface area contributed by atoms with Gasteiger partial charge in [0, 0.05) is 31.5 Å². The van der Waals surface area contributed by atoms with Crippen LogP contribution >= 0.6 is 0 Å². The summed E-state index contributed by atoms with van der Waals surface area (Å²) < 4.78 is 0. The fraction of sp³-hybridized carbons (Fsp3) is 0.636. The average Bonchev–Trinajstić information content (AvgIpc) is 2.99. The van der Waals surface area contributed by atoms with Crippen LogP contribution in [-0.2, 0) is 9.59 Å². The minimum absolute atomic E-state index is 0.185. The van der Waals surface area contributed by atoms with Crippen molar-refractivity contribution in [2.24, 2.45) is 17.3 Å². The number of hydrogen-bond donors (Lipinski definition) is 1. The zero-order valence-corrected chi connectivity index (χ0v) is 15.7. The maximum Gasteiger partial charge on any atom is 0.227 e. The first kappa shape index (κ1) is 17.6. The summed E-state index contributed by atoms with van der Waals surface area (Å²) in [6.07, 6.45) is 5.99. The van der Waals surface area contributed by atoms with Crippen LogP contribution in [0.1, 0.15) is 56.9 Å². The van der Waals surface area contributed by atoms with Crippen LogP contribution in [0.5, 0.6) is 0 Å². The molecule has 3 aliphatic rings. The predicted molar refractivity (Wildman–Crippen MR) is 102 cm³/mol. The molecule has 2 aliphatic heterocycles. The number of benzene rings is 1. The molecule has 2 heterocycles. The molecule has 4 heteroatoms. The lowest BCUT2D eigenvalue weighted by atomic mass is 9.67. The van der Waals surface area contributed by atoms with E-state index in [4.69, 9.17) is 0 Å². The lowest BCUT2D eigenvalue weighted by Crippen LogP contribution is -2.49. The van der Waals surface area contributed by atoms with Crippen LogP contribution in [0.25, 0.3) is 0 Å². The normalized spacial score (nSPS) is 31.0. The number of likely N-dealkylation sites (tertiary alicyclic amines) is 1. The van der Waals surface area contributed by atoms with E-state index in [9.17, 15) is 9.59 Å². The molecular weight excluding hydrogens is 324 g/mol. The van der Waals surface area contributed by atoms with Crippen LogP contribution in [-0.4, -0.2) is 36.3 Å². The summed E-state index contributed by atoms with van der Waals surface area (Å²) in [4.78, 5) is 27.7. The molecule has 3 fully saturated rings. The molecule has 1 aromatic rings. The van der Waals surface area contributed by atoms with E-state index >= 15 is 0 Å². The van der Waals surface area contributed by atoms with E-state index in [1.165, 1.54) is 18.4 Å². The summed E-state index contributed by atoms with van der Waals surface area (Å²) in [6, 6.07) is 10.4. The number of nitrogens with one attached hydrogen (secondary N) is 1. The fourth-order valence-electron chi connectivity index (χ4n) is 5.31. The summed E-state index contributed by atoms with van der Waals surface area (Å²) in [7, 11) is 0. The number of carbonyl (C=O) groups excluding carboxylic acids is 2. The van der Waals surface area contributed by atoms with Crippen molar-refractivity contribution in [3.05, 3.63) is 35.9 Å². The zero-order valence-electron chi connectivity index (χ0n) is 15.7. The molecule has 1 spiro atoms. The van der Waals surface area contributed by atoms with Crippen molar-refractivity contribution in [2.45, 2.75) is 51.4 Å². The van der Waals surface area contributed by atoms with Gasteiger partial charge < -0.3 is 10.2 Å². The maximum atomic E-state index is 12.9. The SMILES string of the molecule is CC1CCC(C(=O)N2CCC3(CC2)C(=O)NCC3c2ccccc2)CC1. The van der Waals surface area contributed by atoms with Crippen molar-refractivity contribution in [1.82, 2.24) is 10.2 Å². The second-order valence-electron chi connectivity index (χ2n) is 8.61. The lowest BCUT2D eigenvalue weighted by Gasteiger charge is -2.42. The molecule has 1 atom stereocenters. The van der Waals surface area contributed by atoms with Gasteiger partial charge in [0.15, 0.2) is 0 Å². The van der Waals surface area contributed by atoms with Gasteiger partial charge in [0.1, 0.15) is 0 Å². The number of rotatable bonds is 2. The van der Waals surface area contributed by atoms with Crippen LogP contribution in [0.4, 0.5) is 0 Å². The first-order chi connectivity index (χ1) is 12.6. The minimum atomic E-state index is -0.334. The molecule has 1 saturated carbocycles. The Morgan fingerprint density at radius 2 is 1.73 bits per heavy atom. The Morgan fingerprint density at radius 3 is 2.38 bits per heavy atom. The first-order valence-corrected chi connectivity index (χ1v) is 10.2. The molecule has 2 saturated heterocycles. The Bertz CT molecular complexity index is 656. The summed E-state index contributed by atoms with van der Waals surface area (Å²) in [5, 5.41) is 3.10. The maximum absolute atomic E-state index is 12.9. The van der Waals surface area contributed by atoms with E-state index < -0.39 is 0 Å². The Balaban J connectivity index is 1.44. The quantitative estimate of drug-likeness (QED) is 0.885. The third kappa shape index (κ3) is 3.04. The van der Waals surface area contributed by atoms with Gasteiger partial charge in [-0.25, -0.2) is 0 Å². The molecule has 4 rings (SSSR count). The Labute approximate surface area is 156 Å². The molecule has 26 heavy (non-hydrogen) atoms. The zero-order chi connectivity index (χ0) is 18.1. The highest BCUT2D eigenvalue weighted by Gasteiger charge is 2.52. The molecular formula is C22H30N2O2. The first-order valence-electron chi connectivity index (χ1n) is 10.2. The van der Waals surface area contributed by atoms with Crippen LogP contribution in [0.3, 0.4) is 0 Å². The van der Waals surface area contributed by atoms with Crippen molar-refractivity contribution >= 4 is 11.8 Å². The Hall–Kier alpha value is -1.84. The molecule has 1 N–H and O–H groups in total. The van der Waals surface area contributed by atoms with E-state index in [-0.39, 0.29) is 23.2 Å². The minimum Gasteiger partial charge on any atom is -0.355 e. The van der Waals surface area contributed by atoms with Gasteiger partial charge in [0.25, 0.3) is 0 Å². The van der Waals surface area contributed by atoms with Crippen LogP contribution < -0.4 is 5.32 Å². The van der Waals surface area contributed by atoms with Gasteiger partial charge in [-0.05, 0) is 50.0 Å². The highest BCUT2D eigenvalue weighted by atomic mass is 16.2. The second-order valence-corrected chi connectivity index (χ2v) is 8.61. The standard InChI is InChI=1S/C22H30N2O2/c1-16-7-9-18(10-8-16)20(25)24-13-11-22(12-14-24)19(15-23-21(22)26)17-5-3-2-4-6-17/h2-6,16,18-19H,7-15H2,1H3,(H,23,26). The molecule has 4 nitrogen and oxygen atoms in total. The van der Waals surface area contributed by atoms with Crippen molar-refractivity contribution in [3.63, 3.8) is 0 Å². The van der Waals surface area contributed by atoms with E-state index in [1.54, 1.807) is 0 Å². The molecule has 0 bridgehead atoms. The molecule has 0 aromatic heterocycles. The molecule has 1 aliphatic carbocycles.